The molecule has 0 saturated carbocycles. The Bertz CT molecular complexity index is 529. The number of anilines is 1. The van der Waals surface area contributed by atoms with Crippen LogP contribution in [0.1, 0.15) is 48.9 Å². The van der Waals surface area contributed by atoms with Crippen molar-refractivity contribution in [2.75, 3.05) is 32.1 Å². The van der Waals surface area contributed by atoms with E-state index >= 15 is 0 Å². The van der Waals surface area contributed by atoms with Crippen LogP contribution in [0.3, 0.4) is 0 Å². The predicted octanol–water partition coefficient (Wildman–Crippen LogP) is 3.15. The highest BCUT2D eigenvalue weighted by Gasteiger charge is 2.08. The zero-order chi connectivity index (χ0) is 16.3. The van der Waals surface area contributed by atoms with Gasteiger partial charge in [-0.05, 0) is 50.7 Å². The molecule has 0 atom stereocenters. The summed E-state index contributed by atoms with van der Waals surface area (Å²) in [6, 6.07) is 3.54. The molecule has 0 fully saturated rings. The van der Waals surface area contributed by atoms with E-state index in [1.165, 1.54) is 31.3 Å². The highest BCUT2D eigenvalue weighted by Crippen LogP contribution is 2.19. The summed E-state index contributed by atoms with van der Waals surface area (Å²) < 4.78 is 5.01. The van der Waals surface area contributed by atoms with Gasteiger partial charge in [-0.2, -0.15) is 0 Å². The summed E-state index contributed by atoms with van der Waals surface area (Å²) in [5, 5.41) is 6.20. The number of aromatic nitrogens is 1. The molecular weight excluding hydrogens is 290 g/mol. The first-order chi connectivity index (χ1) is 11.3. The molecule has 0 aliphatic heterocycles. The lowest BCUT2D eigenvalue weighted by molar-refractivity contribution is 0.0954. The molecule has 0 spiro atoms. The predicted molar refractivity (Wildman–Crippen MR) is 92.7 cm³/mol. The summed E-state index contributed by atoms with van der Waals surface area (Å²) in [5.74, 6) is 0.687. The van der Waals surface area contributed by atoms with E-state index in [-0.39, 0.29) is 5.91 Å². The molecule has 0 radical (unpaired) electrons. The number of ether oxygens (including phenoxy) is 1. The molecule has 1 amide bonds. The zero-order valence-electron chi connectivity index (χ0n) is 13.9. The molecule has 1 aromatic heterocycles. The summed E-state index contributed by atoms with van der Waals surface area (Å²) in [7, 11) is 1.69. The number of nitrogens with one attached hydrogen (secondary N) is 2. The quantitative estimate of drug-likeness (QED) is 0.542. The van der Waals surface area contributed by atoms with Crippen LogP contribution in [-0.2, 0) is 4.74 Å². The van der Waals surface area contributed by atoms with Crippen LogP contribution in [0.5, 0.6) is 0 Å². The Morgan fingerprint density at radius 3 is 3.04 bits per heavy atom. The van der Waals surface area contributed by atoms with Crippen LogP contribution in [0.2, 0.25) is 0 Å². The number of rotatable bonds is 9. The Morgan fingerprint density at radius 1 is 1.35 bits per heavy atom. The highest BCUT2D eigenvalue weighted by molar-refractivity contribution is 5.94. The fraction of sp³-hybridized carbons (Fsp3) is 0.556. The van der Waals surface area contributed by atoms with E-state index in [1.807, 2.05) is 0 Å². The van der Waals surface area contributed by atoms with E-state index in [2.05, 4.69) is 21.7 Å². The number of hydrogen-bond donors (Lipinski definition) is 2. The number of carbonyl (C=O) groups excluding carboxylic acids is 1. The second-order valence-electron chi connectivity index (χ2n) is 5.82. The molecule has 1 aliphatic rings. The third-order valence-electron chi connectivity index (χ3n) is 3.97. The molecule has 0 aromatic carbocycles. The molecule has 2 N–H and O–H groups in total. The summed E-state index contributed by atoms with van der Waals surface area (Å²) in [5.41, 5.74) is 2.12. The Kier molecular flexibility index (Phi) is 7.60. The fourth-order valence-corrected chi connectivity index (χ4v) is 2.67. The molecule has 1 aromatic rings. The second-order valence-corrected chi connectivity index (χ2v) is 5.82. The lowest BCUT2D eigenvalue weighted by Gasteiger charge is -2.13. The van der Waals surface area contributed by atoms with Gasteiger partial charge in [-0.1, -0.05) is 11.6 Å². The Morgan fingerprint density at radius 2 is 2.26 bits per heavy atom. The largest absolute Gasteiger partial charge is 0.385 e. The Hall–Kier alpha value is -1.88. The molecule has 0 unspecified atom stereocenters. The molecular formula is C18H27N3O2. The van der Waals surface area contributed by atoms with E-state index in [1.54, 1.807) is 25.4 Å². The SMILES string of the molecule is COCCCNc1cc(C(=O)NCCC2=CCCCC2)ccn1. The van der Waals surface area contributed by atoms with Gasteiger partial charge in [0.2, 0.25) is 0 Å². The first-order valence-corrected chi connectivity index (χ1v) is 8.44. The number of nitrogens with zero attached hydrogens (tertiary/aromatic N) is 1. The van der Waals surface area contributed by atoms with Crippen LogP contribution in [-0.4, -0.2) is 37.7 Å². The topological polar surface area (TPSA) is 63.2 Å². The lowest BCUT2D eigenvalue weighted by atomic mass is 9.97. The van der Waals surface area contributed by atoms with E-state index in [4.69, 9.17) is 4.74 Å². The summed E-state index contributed by atoms with van der Waals surface area (Å²) in [6.45, 7) is 2.19. The molecule has 2 rings (SSSR count). The minimum Gasteiger partial charge on any atom is -0.385 e. The van der Waals surface area contributed by atoms with Gasteiger partial charge in [-0.15, -0.1) is 0 Å². The summed E-state index contributed by atoms with van der Waals surface area (Å²) >= 11 is 0. The smallest absolute Gasteiger partial charge is 0.251 e. The number of hydrogen-bond acceptors (Lipinski definition) is 4. The van der Waals surface area contributed by atoms with Gasteiger partial charge in [0.15, 0.2) is 0 Å². The maximum atomic E-state index is 12.2. The first-order valence-electron chi connectivity index (χ1n) is 8.44. The van der Waals surface area contributed by atoms with Crippen molar-refractivity contribution in [3.05, 3.63) is 35.5 Å². The third kappa shape index (κ3) is 6.40. The zero-order valence-corrected chi connectivity index (χ0v) is 13.9. The summed E-state index contributed by atoms with van der Waals surface area (Å²) in [6.07, 6.45) is 10.8. The average Bonchev–Trinajstić information content (AvgIpc) is 2.60. The van der Waals surface area contributed by atoms with Gasteiger partial charge in [0, 0.05) is 38.6 Å². The van der Waals surface area contributed by atoms with Crippen LogP contribution in [0.4, 0.5) is 5.82 Å². The molecule has 0 bridgehead atoms. The monoisotopic (exact) mass is 317 g/mol. The Balaban J connectivity index is 1.76. The van der Waals surface area contributed by atoms with Gasteiger partial charge in [0.25, 0.3) is 5.91 Å². The first kappa shape index (κ1) is 17.5. The van der Waals surface area contributed by atoms with Crippen LogP contribution in [0.15, 0.2) is 30.0 Å². The standard InChI is InChI=1S/C18H27N3O2/c1-23-13-5-10-19-17-14-16(9-12-20-17)18(22)21-11-8-15-6-3-2-4-7-15/h6,9,12,14H,2-5,7-8,10-11,13H2,1H3,(H,19,20)(H,21,22). The third-order valence-corrected chi connectivity index (χ3v) is 3.97. The van der Waals surface area contributed by atoms with E-state index < -0.39 is 0 Å². The molecule has 23 heavy (non-hydrogen) atoms. The van der Waals surface area contributed by atoms with Crippen LogP contribution in [0.25, 0.3) is 0 Å². The van der Waals surface area contributed by atoms with Crippen molar-refractivity contribution < 1.29 is 9.53 Å². The lowest BCUT2D eigenvalue weighted by Crippen LogP contribution is -2.25. The van der Waals surface area contributed by atoms with E-state index in [0.29, 0.717) is 18.7 Å². The van der Waals surface area contributed by atoms with E-state index in [0.717, 1.165) is 25.2 Å². The fourth-order valence-electron chi connectivity index (χ4n) is 2.67. The van der Waals surface area contributed by atoms with Crippen LogP contribution < -0.4 is 10.6 Å². The number of pyridine rings is 1. The van der Waals surface area contributed by atoms with Gasteiger partial charge >= 0.3 is 0 Å². The van der Waals surface area contributed by atoms with Crippen LogP contribution in [0, 0.1) is 0 Å². The second kappa shape index (κ2) is 10.0. The Labute approximate surface area is 138 Å². The molecule has 1 heterocycles. The van der Waals surface area contributed by atoms with Gasteiger partial charge in [-0.25, -0.2) is 4.98 Å². The molecule has 5 nitrogen and oxygen atoms in total. The number of allylic oxidation sites excluding steroid dienone is 1. The van der Waals surface area contributed by atoms with E-state index in [9.17, 15) is 4.79 Å². The minimum atomic E-state index is -0.0382. The molecule has 5 heteroatoms. The maximum Gasteiger partial charge on any atom is 0.251 e. The van der Waals surface area contributed by atoms with Gasteiger partial charge < -0.3 is 15.4 Å². The van der Waals surface area contributed by atoms with Crippen molar-refractivity contribution in [2.24, 2.45) is 0 Å². The molecule has 126 valence electrons. The molecule has 0 saturated heterocycles. The number of amides is 1. The van der Waals surface area contributed by atoms with Crippen molar-refractivity contribution >= 4 is 11.7 Å². The number of methoxy groups -OCH3 is 1. The van der Waals surface area contributed by atoms with Crippen molar-refractivity contribution in [2.45, 2.75) is 38.5 Å². The summed E-state index contributed by atoms with van der Waals surface area (Å²) in [4.78, 5) is 16.4. The minimum absolute atomic E-state index is 0.0382. The number of carbonyl (C=O) groups is 1. The van der Waals surface area contributed by atoms with Crippen molar-refractivity contribution in [3.8, 4) is 0 Å². The molecule has 1 aliphatic carbocycles. The van der Waals surface area contributed by atoms with Crippen molar-refractivity contribution in [3.63, 3.8) is 0 Å². The van der Waals surface area contributed by atoms with Crippen molar-refractivity contribution in [1.29, 1.82) is 0 Å². The average molecular weight is 317 g/mol. The maximum absolute atomic E-state index is 12.2. The highest BCUT2D eigenvalue weighted by atomic mass is 16.5. The van der Waals surface area contributed by atoms with Crippen molar-refractivity contribution in [1.82, 2.24) is 10.3 Å². The van der Waals surface area contributed by atoms with Gasteiger partial charge in [0.05, 0.1) is 0 Å². The van der Waals surface area contributed by atoms with Crippen LogP contribution >= 0.6 is 0 Å². The van der Waals surface area contributed by atoms with Gasteiger partial charge in [0.1, 0.15) is 5.82 Å². The van der Waals surface area contributed by atoms with Gasteiger partial charge in [-0.3, -0.25) is 4.79 Å². The normalized spacial score (nSPS) is 14.2.